The predicted molar refractivity (Wildman–Crippen MR) is 103 cm³/mol. The number of nitrogens with one attached hydrogen (secondary N) is 1. The zero-order valence-electron chi connectivity index (χ0n) is 15.0. The van der Waals surface area contributed by atoms with Gasteiger partial charge in [-0.1, -0.05) is 17.7 Å². The van der Waals surface area contributed by atoms with Gasteiger partial charge < -0.3 is 9.88 Å². The molecule has 26 heavy (non-hydrogen) atoms. The molecular formula is C17H23ClN4O3S. The number of rotatable bonds is 8. The minimum absolute atomic E-state index is 0.361. The van der Waals surface area contributed by atoms with Crippen molar-refractivity contribution in [1.29, 1.82) is 0 Å². The highest BCUT2D eigenvalue weighted by Gasteiger charge is 2.30. The lowest BCUT2D eigenvalue weighted by Gasteiger charge is -2.29. The summed E-state index contributed by atoms with van der Waals surface area (Å²) in [6.45, 7) is 4.50. The molecule has 0 aliphatic rings. The van der Waals surface area contributed by atoms with Crippen LogP contribution < -0.4 is 9.62 Å². The van der Waals surface area contributed by atoms with Gasteiger partial charge in [0.05, 0.1) is 18.3 Å². The van der Waals surface area contributed by atoms with E-state index in [0.717, 1.165) is 22.7 Å². The molecule has 1 aromatic carbocycles. The number of carbonyl (C=O) groups is 1. The van der Waals surface area contributed by atoms with E-state index < -0.39 is 16.1 Å². The highest BCUT2D eigenvalue weighted by Crippen LogP contribution is 2.28. The molecular weight excluding hydrogens is 376 g/mol. The molecule has 0 bridgehead atoms. The van der Waals surface area contributed by atoms with E-state index in [1.165, 1.54) is 0 Å². The van der Waals surface area contributed by atoms with E-state index in [1.54, 1.807) is 44.6 Å². The summed E-state index contributed by atoms with van der Waals surface area (Å²) in [4.78, 5) is 16.4. The van der Waals surface area contributed by atoms with Crippen LogP contribution in [0, 0.1) is 6.92 Å². The van der Waals surface area contributed by atoms with Crippen molar-refractivity contribution in [2.75, 3.05) is 17.1 Å². The average Bonchev–Trinajstić information content (AvgIpc) is 3.07. The number of carbonyl (C=O) groups excluding carboxylic acids is 1. The molecule has 1 N–H and O–H groups in total. The first kappa shape index (κ1) is 20.3. The van der Waals surface area contributed by atoms with Crippen molar-refractivity contribution in [2.24, 2.45) is 0 Å². The fourth-order valence-corrected chi connectivity index (χ4v) is 4.03. The molecule has 0 saturated carbocycles. The van der Waals surface area contributed by atoms with Gasteiger partial charge in [0, 0.05) is 30.5 Å². The molecule has 0 unspecified atom stereocenters. The second kappa shape index (κ2) is 8.55. The Kier molecular flexibility index (Phi) is 6.66. The summed E-state index contributed by atoms with van der Waals surface area (Å²) >= 11 is 6.02. The second-order valence-corrected chi connectivity index (χ2v) is 8.41. The van der Waals surface area contributed by atoms with Crippen LogP contribution in [0.2, 0.25) is 5.02 Å². The third kappa shape index (κ3) is 5.22. The second-order valence-electron chi connectivity index (χ2n) is 6.11. The molecule has 9 heteroatoms. The Hall–Kier alpha value is -2.06. The molecule has 0 fully saturated rings. The van der Waals surface area contributed by atoms with Crippen LogP contribution in [0.15, 0.2) is 36.9 Å². The number of nitrogens with zero attached hydrogens (tertiary/aromatic N) is 3. The molecule has 0 spiro atoms. The van der Waals surface area contributed by atoms with Gasteiger partial charge in [-0.15, -0.1) is 0 Å². The Morgan fingerprint density at radius 2 is 2.15 bits per heavy atom. The van der Waals surface area contributed by atoms with Crippen molar-refractivity contribution in [1.82, 2.24) is 14.9 Å². The normalized spacial score (nSPS) is 12.6. The van der Waals surface area contributed by atoms with Gasteiger partial charge in [-0.3, -0.25) is 9.10 Å². The lowest BCUT2D eigenvalue weighted by molar-refractivity contribution is -0.121. The first-order valence-corrected chi connectivity index (χ1v) is 10.4. The first-order chi connectivity index (χ1) is 12.2. The number of hydrogen-bond acceptors (Lipinski definition) is 4. The van der Waals surface area contributed by atoms with Crippen LogP contribution in [0.25, 0.3) is 0 Å². The summed E-state index contributed by atoms with van der Waals surface area (Å²) in [6, 6.07) is 4.07. The summed E-state index contributed by atoms with van der Waals surface area (Å²) in [7, 11) is -3.67. The fourth-order valence-electron chi connectivity index (χ4n) is 2.64. The number of aromatic nitrogens is 2. The van der Waals surface area contributed by atoms with Gasteiger partial charge in [-0.05, 0) is 38.0 Å². The Labute approximate surface area is 159 Å². The third-order valence-electron chi connectivity index (χ3n) is 3.95. The van der Waals surface area contributed by atoms with Gasteiger partial charge in [0.25, 0.3) is 0 Å². The highest BCUT2D eigenvalue weighted by molar-refractivity contribution is 7.92. The van der Waals surface area contributed by atoms with Crippen molar-refractivity contribution in [3.05, 3.63) is 47.5 Å². The summed E-state index contributed by atoms with van der Waals surface area (Å²) in [5, 5.41) is 3.20. The summed E-state index contributed by atoms with van der Waals surface area (Å²) in [6.07, 6.45) is 7.04. The standard InChI is InChI=1S/C17H23ClN4O3S/c1-13-5-6-15(18)11-16(13)22(26(3,24)25)14(2)17(23)20-7-4-9-21-10-8-19-12-21/h5-6,8,10-12,14H,4,7,9H2,1-3H3,(H,20,23)/t14-/m1/s1. The van der Waals surface area contributed by atoms with E-state index in [0.29, 0.717) is 23.7 Å². The monoisotopic (exact) mass is 398 g/mol. The average molecular weight is 399 g/mol. The van der Waals surface area contributed by atoms with E-state index in [2.05, 4.69) is 10.3 Å². The van der Waals surface area contributed by atoms with Crippen LogP contribution in [0.1, 0.15) is 18.9 Å². The topological polar surface area (TPSA) is 84.3 Å². The van der Waals surface area contributed by atoms with Crippen molar-refractivity contribution in [3.63, 3.8) is 0 Å². The number of aryl methyl sites for hydroxylation is 2. The Morgan fingerprint density at radius 1 is 1.42 bits per heavy atom. The minimum Gasteiger partial charge on any atom is -0.354 e. The van der Waals surface area contributed by atoms with Gasteiger partial charge >= 0.3 is 0 Å². The van der Waals surface area contributed by atoms with Crippen LogP contribution in [0.4, 0.5) is 5.69 Å². The molecule has 0 radical (unpaired) electrons. The number of halogens is 1. The zero-order chi connectivity index (χ0) is 19.3. The number of sulfonamides is 1. The number of anilines is 1. The number of amides is 1. The Balaban J connectivity index is 2.07. The quantitative estimate of drug-likeness (QED) is 0.691. The van der Waals surface area contributed by atoms with E-state index in [1.807, 2.05) is 10.8 Å². The lowest BCUT2D eigenvalue weighted by atomic mass is 10.2. The first-order valence-electron chi connectivity index (χ1n) is 8.19. The smallest absolute Gasteiger partial charge is 0.243 e. The van der Waals surface area contributed by atoms with E-state index in [-0.39, 0.29) is 5.91 Å². The van der Waals surface area contributed by atoms with Crippen LogP contribution in [0.5, 0.6) is 0 Å². The van der Waals surface area contributed by atoms with Crippen LogP contribution in [0.3, 0.4) is 0 Å². The molecule has 2 aromatic rings. The van der Waals surface area contributed by atoms with Crippen molar-refractivity contribution < 1.29 is 13.2 Å². The van der Waals surface area contributed by atoms with Crippen LogP contribution in [-0.2, 0) is 21.4 Å². The summed E-state index contributed by atoms with van der Waals surface area (Å²) in [5.74, 6) is -0.361. The largest absolute Gasteiger partial charge is 0.354 e. The summed E-state index contributed by atoms with van der Waals surface area (Å²) in [5.41, 5.74) is 1.13. The van der Waals surface area contributed by atoms with E-state index in [9.17, 15) is 13.2 Å². The predicted octanol–water partition coefficient (Wildman–Crippen LogP) is 2.21. The van der Waals surface area contributed by atoms with Crippen molar-refractivity contribution in [3.8, 4) is 0 Å². The minimum atomic E-state index is -3.67. The highest BCUT2D eigenvalue weighted by atomic mass is 35.5. The molecule has 7 nitrogen and oxygen atoms in total. The van der Waals surface area contributed by atoms with E-state index in [4.69, 9.17) is 11.6 Å². The van der Waals surface area contributed by atoms with Gasteiger partial charge in [-0.2, -0.15) is 0 Å². The number of benzene rings is 1. The lowest BCUT2D eigenvalue weighted by Crippen LogP contribution is -2.48. The number of imidazole rings is 1. The van der Waals surface area contributed by atoms with Crippen molar-refractivity contribution >= 4 is 33.2 Å². The maximum atomic E-state index is 12.5. The van der Waals surface area contributed by atoms with Gasteiger partial charge in [0.1, 0.15) is 6.04 Å². The van der Waals surface area contributed by atoms with Gasteiger partial charge in [-0.25, -0.2) is 13.4 Å². The molecule has 1 heterocycles. The summed E-state index contributed by atoms with van der Waals surface area (Å²) < 4.78 is 27.7. The molecule has 1 amide bonds. The maximum absolute atomic E-state index is 12.5. The molecule has 2 rings (SSSR count). The Bertz CT molecular complexity index is 853. The molecule has 1 atom stereocenters. The van der Waals surface area contributed by atoms with Crippen LogP contribution in [-0.4, -0.2) is 42.7 Å². The number of hydrogen-bond donors (Lipinski definition) is 1. The van der Waals surface area contributed by atoms with Gasteiger partial charge in [0.15, 0.2) is 0 Å². The molecule has 0 saturated heterocycles. The Morgan fingerprint density at radius 3 is 2.77 bits per heavy atom. The molecule has 142 valence electrons. The maximum Gasteiger partial charge on any atom is 0.243 e. The molecule has 0 aliphatic heterocycles. The van der Waals surface area contributed by atoms with E-state index >= 15 is 0 Å². The van der Waals surface area contributed by atoms with Crippen molar-refractivity contribution in [2.45, 2.75) is 32.9 Å². The fraction of sp³-hybridized carbons (Fsp3) is 0.412. The molecule has 1 aromatic heterocycles. The van der Waals surface area contributed by atoms with Gasteiger partial charge in [0.2, 0.25) is 15.9 Å². The SMILES string of the molecule is Cc1ccc(Cl)cc1N([C@H](C)C(=O)NCCCn1ccnc1)S(C)(=O)=O. The zero-order valence-corrected chi connectivity index (χ0v) is 16.6. The van der Waals surface area contributed by atoms with Crippen LogP contribution >= 0.6 is 11.6 Å². The third-order valence-corrected chi connectivity index (χ3v) is 5.41. The molecule has 0 aliphatic carbocycles.